The summed E-state index contributed by atoms with van der Waals surface area (Å²) in [7, 11) is 1.70. The Morgan fingerprint density at radius 2 is 1.73 bits per heavy atom. The molecule has 1 aromatic heterocycles. The van der Waals surface area contributed by atoms with E-state index in [-0.39, 0.29) is 6.10 Å². The van der Waals surface area contributed by atoms with E-state index in [1.807, 2.05) is 36.4 Å². The van der Waals surface area contributed by atoms with Gasteiger partial charge >= 0.3 is 0 Å². The number of anilines is 2. The number of hydrogen-bond acceptors (Lipinski definition) is 6. The molecule has 174 valence electrons. The maximum Gasteiger partial charge on any atom is 0.225 e. The van der Waals surface area contributed by atoms with Crippen LogP contribution < -0.4 is 19.7 Å². The van der Waals surface area contributed by atoms with Crippen LogP contribution in [0.1, 0.15) is 50.5 Å². The van der Waals surface area contributed by atoms with Crippen molar-refractivity contribution in [2.75, 3.05) is 30.4 Å². The number of halogens is 1. The molecule has 6 nitrogen and oxygen atoms in total. The third-order valence-corrected chi connectivity index (χ3v) is 6.83. The lowest BCUT2D eigenvalue weighted by atomic mass is 10.1. The molecule has 1 saturated heterocycles. The molecule has 2 fully saturated rings. The maximum atomic E-state index is 6.34. The smallest absolute Gasteiger partial charge is 0.225 e. The lowest BCUT2D eigenvalue weighted by molar-refractivity contribution is 0.201. The normalized spacial score (nSPS) is 16.8. The molecular weight excluding hydrogens is 436 g/mol. The molecule has 1 aliphatic heterocycles. The molecule has 3 aromatic rings. The molecule has 0 radical (unpaired) electrons. The van der Waals surface area contributed by atoms with E-state index in [1.165, 1.54) is 32.1 Å². The Morgan fingerprint density at radius 3 is 2.45 bits per heavy atom. The number of rotatable bonds is 7. The van der Waals surface area contributed by atoms with Gasteiger partial charge in [-0.05, 0) is 68.7 Å². The second kappa shape index (κ2) is 10.0. The highest BCUT2D eigenvalue weighted by atomic mass is 35.5. The summed E-state index contributed by atoms with van der Waals surface area (Å²) >= 11 is 6.03. The van der Waals surface area contributed by atoms with Gasteiger partial charge in [-0.25, -0.2) is 4.98 Å². The van der Waals surface area contributed by atoms with Crippen molar-refractivity contribution in [3.05, 3.63) is 47.0 Å². The molecule has 0 unspecified atom stereocenters. The zero-order valence-electron chi connectivity index (χ0n) is 19.1. The molecule has 0 spiro atoms. The standard InChI is InChI=1S/C26H31ClN4O2/c1-32-23-15-21-22(16-24(23)33-20-7-3-4-8-20)29-26(28-17-18-9-11-19(27)12-10-18)30-25(21)31-13-5-2-6-14-31/h9-12,15-16,20H,2-8,13-14,17H2,1H3,(H,28,29,30). The number of nitrogens with one attached hydrogen (secondary N) is 1. The minimum atomic E-state index is 0.252. The van der Waals surface area contributed by atoms with E-state index in [9.17, 15) is 0 Å². The quantitative estimate of drug-likeness (QED) is 0.446. The van der Waals surface area contributed by atoms with Crippen LogP contribution in [-0.4, -0.2) is 36.3 Å². The summed E-state index contributed by atoms with van der Waals surface area (Å²) in [6, 6.07) is 11.9. The lowest BCUT2D eigenvalue weighted by Crippen LogP contribution is -2.30. The van der Waals surface area contributed by atoms with Gasteiger partial charge in [0.05, 0.1) is 18.7 Å². The van der Waals surface area contributed by atoms with Gasteiger partial charge in [-0.2, -0.15) is 4.98 Å². The molecule has 0 amide bonds. The third-order valence-electron chi connectivity index (χ3n) is 6.58. The Bertz CT molecular complexity index is 1090. The van der Waals surface area contributed by atoms with Crippen molar-refractivity contribution in [1.29, 1.82) is 0 Å². The summed E-state index contributed by atoms with van der Waals surface area (Å²) in [5, 5.41) is 5.15. The van der Waals surface area contributed by atoms with Crippen LogP contribution in [0, 0.1) is 0 Å². The first-order valence-electron chi connectivity index (χ1n) is 12.0. The van der Waals surface area contributed by atoms with E-state index in [1.54, 1.807) is 7.11 Å². The van der Waals surface area contributed by atoms with Gasteiger partial charge in [0.25, 0.3) is 0 Å². The number of aromatic nitrogens is 2. The Morgan fingerprint density at radius 1 is 0.970 bits per heavy atom. The number of piperidine rings is 1. The Balaban J connectivity index is 1.51. The molecule has 1 saturated carbocycles. The largest absolute Gasteiger partial charge is 0.493 e. The van der Waals surface area contributed by atoms with E-state index in [0.717, 1.165) is 64.7 Å². The highest BCUT2D eigenvalue weighted by Crippen LogP contribution is 2.38. The Hall–Kier alpha value is -2.73. The van der Waals surface area contributed by atoms with E-state index in [4.69, 9.17) is 31.0 Å². The molecular formula is C26H31ClN4O2. The van der Waals surface area contributed by atoms with Crippen molar-refractivity contribution in [1.82, 2.24) is 9.97 Å². The van der Waals surface area contributed by atoms with Crippen LogP contribution in [0.4, 0.5) is 11.8 Å². The van der Waals surface area contributed by atoms with Crippen molar-refractivity contribution in [2.45, 2.75) is 57.6 Å². The molecule has 2 heterocycles. The van der Waals surface area contributed by atoms with Crippen molar-refractivity contribution in [3.8, 4) is 11.5 Å². The van der Waals surface area contributed by atoms with Crippen LogP contribution in [0.5, 0.6) is 11.5 Å². The lowest BCUT2D eigenvalue weighted by Gasteiger charge is -2.29. The zero-order chi connectivity index (χ0) is 22.6. The average molecular weight is 467 g/mol. The zero-order valence-corrected chi connectivity index (χ0v) is 19.9. The minimum Gasteiger partial charge on any atom is -0.493 e. The van der Waals surface area contributed by atoms with Gasteiger partial charge in [0, 0.05) is 36.1 Å². The van der Waals surface area contributed by atoms with Crippen LogP contribution >= 0.6 is 11.6 Å². The van der Waals surface area contributed by atoms with Crippen LogP contribution in [-0.2, 0) is 6.54 Å². The van der Waals surface area contributed by atoms with Gasteiger partial charge in [0.15, 0.2) is 11.5 Å². The number of methoxy groups -OCH3 is 1. The predicted molar refractivity (Wildman–Crippen MR) is 134 cm³/mol. The van der Waals surface area contributed by atoms with Gasteiger partial charge in [0.1, 0.15) is 5.82 Å². The fourth-order valence-electron chi connectivity index (χ4n) is 4.77. The molecule has 0 bridgehead atoms. The van der Waals surface area contributed by atoms with Crippen LogP contribution in [0.25, 0.3) is 10.9 Å². The highest BCUT2D eigenvalue weighted by molar-refractivity contribution is 6.30. The van der Waals surface area contributed by atoms with Gasteiger partial charge < -0.3 is 19.7 Å². The molecule has 1 aliphatic carbocycles. The fraction of sp³-hybridized carbons (Fsp3) is 0.462. The van der Waals surface area contributed by atoms with E-state index >= 15 is 0 Å². The Kier molecular flexibility index (Phi) is 6.72. The fourth-order valence-corrected chi connectivity index (χ4v) is 4.89. The summed E-state index contributed by atoms with van der Waals surface area (Å²) in [6.45, 7) is 2.64. The summed E-state index contributed by atoms with van der Waals surface area (Å²) in [5.74, 6) is 3.10. The van der Waals surface area contributed by atoms with Crippen molar-refractivity contribution >= 4 is 34.3 Å². The predicted octanol–water partition coefficient (Wildman–Crippen LogP) is 6.22. The van der Waals surface area contributed by atoms with Crippen LogP contribution in [0.2, 0.25) is 5.02 Å². The summed E-state index contributed by atoms with van der Waals surface area (Å²) in [5.41, 5.74) is 2.00. The molecule has 5 rings (SSSR count). The van der Waals surface area contributed by atoms with Gasteiger partial charge in [-0.15, -0.1) is 0 Å². The van der Waals surface area contributed by atoms with E-state index < -0.39 is 0 Å². The maximum absolute atomic E-state index is 6.34. The van der Waals surface area contributed by atoms with Crippen LogP contribution in [0.15, 0.2) is 36.4 Å². The first-order valence-corrected chi connectivity index (χ1v) is 12.4. The second-order valence-corrected chi connectivity index (χ2v) is 9.38. The van der Waals surface area contributed by atoms with Gasteiger partial charge in [-0.1, -0.05) is 23.7 Å². The summed E-state index contributed by atoms with van der Waals surface area (Å²) in [4.78, 5) is 12.2. The van der Waals surface area contributed by atoms with Crippen molar-refractivity contribution in [3.63, 3.8) is 0 Å². The van der Waals surface area contributed by atoms with E-state index in [2.05, 4.69) is 10.2 Å². The van der Waals surface area contributed by atoms with Crippen molar-refractivity contribution in [2.24, 2.45) is 0 Å². The molecule has 33 heavy (non-hydrogen) atoms. The second-order valence-electron chi connectivity index (χ2n) is 8.94. The monoisotopic (exact) mass is 466 g/mol. The van der Waals surface area contributed by atoms with Crippen molar-refractivity contribution < 1.29 is 9.47 Å². The Labute approximate surface area is 200 Å². The number of ether oxygens (including phenoxy) is 2. The van der Waals surface area contributed by atoms with E-state index in [0.29, 0.717) is 12.5 Å². The van der Waals surface area contributed by atoms with Crippen LogP contribution in [0.3, 0.4) is 0 Å². The summed E-state index contributed by atoms with van der Waals surface area (Å²) in [6.07, 6.45) is 8.51. The number of benzene rings is 2. The first kappa shape index (κ1) is 22.1. The number of nitrogens with zero attached hydrogens (tertiary/aromatic N) is 3. The SMILES string of the molecule is COc1cc2c(N3CCCCC3)nc(NCc3ccc(Cl)cc3)nc2cc1OC1CCCC1. The number of fused-ring (bicyclic) bond motifs is 1. The molecule has 1 N–H and O–H groups in total. The average Bonchev–Trinajstić information content (AvgIpc) is 3.36. The van der Waals surface area contributed by atoms with Gasteiger partial charge in [-0.3, -0.25) is 0 Å². The number of hydrogen-bond donors (Lipinski definition) is 1. The molecule has 2 aliphatic rings. The minimum absolute atomic E-state index is 0.252. The highest BCUT2D eigenvalue weighted by Gasteiger charge is 2.22. The van der Waals surface area contributed by atoms with Gasteiger partial charge in [0.2, 0.25) is 5.95 Å². The third kappa shape index (κ3) is 5.11. The molecule has 0 atom stereocenters. The topological polar surface area (TPSA) is 59.5 Å². The summed E-state index contributed by atoms with van der Waals surface area (Å²) < 4.78 is 12.1. The first-order chi connectivity index (χ1) is 16.2. The molecule has 7 heteroatoms. The molecule has 2 aromatic carbocycles.